The Balaban J connectivity index is 1.52. The lowest BCUT2D eigenvalue weighted by atomic mass is 9.84. The number of thioether (sulfide) groups is 1. The summed E-state index contributed by atoms with van der Waals surface area (Å²) in [6.45, 7) is 5.55. The Morgan fingerprint density at radius 1 is 1.12 bits per heavy atom. The molecule has 3 amide bonds. The second-order valence-electron chi connectivity index (χ2n) is 9.13. The number of hydrogen-bond acceptors (Lipinski definition) is 6. The molecule has 1 aromatic carbocycles. The molecule has 1 saturated heterocycles. The fourth-order valence-corrected chi connectivity index (χ4v) is 5.30. The van der Waals surface area contributed by atoms with E-state index < -0.39 is 5.25 Å². The third-order valence-corrected chi connectivity index (χ3v) is 7.31. The largest absolute Gasteiger partial charge is 0.355 e. The molecule has 33 heavy (non-hydrogen) atoms. The highest BCUT2D eigenvalue weighted by atomic mass is 32.2. The molecule has 1 aliphatic carbocycles. The van der Waals surface area contributed by atoms with Crippen molar-refractivity contribution >= 4 is 41.0 Å². The van der Waals surface area contributed by atoms with E-state index in [1.54, 1.807) is 24.3 Å². The zero-order valence-corrected chi connectivity index (χ0v) is 20.4. The minimum Gasteiger partial charge on any atom is -0.355 e. The lowest BCUT2D eigenvalue weighted by Crippen LogP contribution is -2.33. The molecule has 1 aliphatic heterocycles. The second-order valence-corrected chi connectivity index (χ2v) is 10.3. The molecule has 2 N–H and O–H groups in total. The third kappa shape index (κ3) is 7.14. The van der Waals surface area contributed by atoms with Crippen LogP contribution in [0.15, 0.2) is 24.3 Å². The van der Waals surface area contributed by atoms with Gasteiger partial charge in [-0.25, -0.2) is 4.90 Å². The first kappa shape index (κ1) is 25.4. The Kier molecular flexibility index (Phi) is 9.50. The number of imide groups is 1. The van der Waals surface area contributed by atoms with Crippen LogP contribution in [0.1, 0.15) is 69.2 Å². The van der Waals surface area contributed by atoms with Gasteiger partial charge in [-0.15, -0.1) is 11.8 Å². The molecule has 1 heterocycles. The van der Waals surface area contributed by atoms with Crippen molar-refractivity contribution in [1.29, 1.82) is 0 Å². The van der Waals surface area contributed by atoms with Gasteiger partial charge in [0.25, 0.3) is 0 Å². The van der Waals surface area contributed by atoms with Gasteiger partial charge in [0.05, 0.1) is 16.7 Å². The van der Waals surface area contributed by atoms with Gasteiger partial charge in [0.2, 0.25) is 17.7 Å². The van der Waals surface area contributed by atoms with E-state index in [1.807, 2.05) is 0 Å². The van der Waals surface area contributed by atoms with Crippen LogP contribution in [-0.4, -0.2) is 53.6 Å². The minimum absolute atomic E-state index is 0.0296. The van der Waals surface area contributed by atoms with Gasteiger partial charge in [0.15, 0.2) is 5.78 Å². The van der Waals surface area contributed by atoms with E-state index in [2.05, 4.69) is 24.5 Å². The molecule has 0 bridgehead atoms. The fourth-order valence-electron chi connectivity index (χ4n) is 4.34. The van der Waals surface area contributed by atoms with Crippen molar-refractivity contribution < 1.29 is 19.2 Å². The maximum Gasteiger partial charge on any atom is 0.247 e. The molecule has 0 spiro atoms. The SMILES string of the molecule is CC(C)NCCCNC(=O)CSC1CC(=O)N(c2cccc(C(=O)C3CCCCC3)c2)C1=O. The molecule has 1 unspecified atom stereocenters. The highest BCUT2D eigenvalue weighted by molar-refractivity contribution is 8.01. The van der Waals surface area contributed by atoms with Gasteiger partial charge in [-0.1, -0.05) is 45.2 Å². The summed E-state index contributed by atoms with van der Waals surface area (Å²) in [5, 5.41) is 5.56. The van der Waals surface area contributed by atoms with Gasteiger partial charge in [-0.05, 0) is 37.9 Å². The maximum atomic E-state index is 12.9. The van der Waals surface area contributed by atoms with E-state index >= 15 is 0 Å². The summed E-state index contributed by atoms with van der Waals surface area (Å²) in [5.74, 6) is -0.483. The summed E-state index contributed by atoms with van der Waals surface area (Å²) in [6, 6.07) is 7.26. The van der Waals surface area contributed by atoms with Gasteiger partial charge in [-0.2, -0.15) is 0 Å². The number of carbonyl (C=O) groups is 4. The highest BCUT2D eigenvalue weighted by Crippen LogP contribution is 2.32. The number of carbonyl (C=O) groups excluding carboxylic acids is 4. The number of Topliss-reactive ketones (excluding diaryl/α,β-unsaturated/α-hetero) is 1. The summed E-state index contributed by atoms with van der Waals surface area (Å²) < 4.78 is 0. The molecule has 0 aromatic heterocycles. The summed E-state index contributed by atoms with van der Waals surface area (Å²) in [7, 11) is 0. The smallest absolute Gasteiger partial charge is 0.247 e. The second kappa shape index (κ2) is 12.3. The first-order valence-corrected chi connectivity index (χ1v) is 13.0. The molecule has 2 aliphatic rings. The molecule has 0 radical (unpaired) electrons. The normalized spacial score (nSPS) is 19.4. The van der Waals surface area contributed by atoms with Crippen molar-refractivity contribution in [2.75, 3.05) is 23.7 Å². The number of amides is 3. The Labute approximate surface area is 200 Å². The minimum atomic E-state index is -0.580. The third-order valence-electron chi connectivity index (χ3n) is 6.11. The molecule has 2 fully saturated rings. The van der Waals surface area contributed by atoms with Crippen LogP contribution in [0.25, 0.3) is 0 Å². The van der Waals surface area contributed by atoms with E-state index in [-0.39, 0.29) is 41.6 Å². The van der Waals surface area contributed by atoms with Gasteiger partial charge in [0.1, 0.15) is 0 Å². The van der Waals surface area contributed by atoms with Crippen LogP contribution in [-0.2, 0) is 14.4 Å². The number of rotatable bonds is 11. The van der Waals surface area contributed by atoms with Crippen molar-refractivity contribution in [3.63, 3.8) is 0 Å². The lowest BCUT2D eigenvalue weighted by molar-refractivity contribution is -0.121. The number of hydrogen-bond donors (Lipinski definition) is 2. The summed E-state index contributed by atoms with van der Waals surface area (Å²) in [4.78, 5) is 51.7. The van der Waals surface area contributed by atoms with Crippen LogP contribution in [0.4, 0.5) is 5.69 Å². The monoisotopic (exact) mass is 473 g/mol. The van der Waals surface area contributed by atoms with Crippen molar-refractivity contribution in [2.45, 2.75) is 70.1 Å². The molecule has 3 rings (SSSR count). The molecular weight excluding hydrogens is 438 g/mol. The van der Waals surface area contributed by atoms with Gasteiger partial charge < -0.3 is 10.6 Å². The predicted octanol–water partition coefficient (Wildman–Crippen LogP) is 3.32. The predicted molar refractivity (Wildman–Crippen MR) is 131 cm³/mol. The zero-order chi connectivity index (χ0) is 23.8. The lowest BCUT2D eigenvalue weighted by Gasteiger charge is -2.21. The van der Waals surface area contributed by atoms with Crippen LogP contribution in [0.2, 0.25) is 0 Å². The van der Waals surface area contributed by atoms with E-state index in [1.165, 1.54) is 23.1 Å². The summed E-state index contributed by atoms with van der Waals surface area (Å²) >= 11 is 1.20. The number of anilines is 1. The first-order chi connectivity index (χ1) is 15.9. The van der Waals surface area contributed by atoms with E-state index in [0.29, 0.717) is 23.8 Å². The molecule has 1 atom stereocenters. The van der Waals surface area contributed by atoms with Crippen molar-refractivity contribution in [3.8, 4) is 0 Å². The van der Waals surface area contributed by atoms with Crippen LogP contribution < -0.4 is 15.5 Å². The van der Waals surface area contributed by atoms with Crippen LogP contribution in [0, 0.1) is 5.92 Å². The van der Waals surface area contributed by atoms with E-state index in [0.717, 1.165) is 38.6 Å². The van der Waals surface area contributed by atoms with Crippen LogP contribution in [0.5, 0.6) is 0 Å². The Hall–Kier alpha value is -2.19. The molecule has 1 saturated carbocycles. The topological polar surface area (TPSA) is 95.6 Å². The molecule has 180 valence electrons. The van der Waals surface area contributed by atoms with Crippen LogP contribution >= 0.6 is 11.8 Å². The molecule has 1 aromatic rings. The van der Waals surface area contributed by atoms with Crippen molar-refractivity contribution in [3.05, 3.63) is 29.8 Å². The summed E-state index contributed by atoms with van der Waals surface area (Å²) in [6.07, 6.45) is 6.02. The zero-order valence-electron chi connectivity index (χ0n) is 19.6. The molecule has 7 nitrogen and oxygen atoms in total. The number of ketones is 1. The van der Waals surface area contributed by atoms with Crippen LogP contribution in [0.3, 0.4) is 0 Å². The van der Waals surface area contributed by atoms with Gasteiger partial charge in [0, 0.05) is 30.5 Å². The first-order valence-electron chi connectivity index (χ1n) is 12.0. The van der Waals surface area contributed by atoms with E-state index in [4.69, 9.17) is 0 Å². The fraction of sp³-hybridized carbons (Fsp3) is 0.600. The van der Waals surface area contributed by atoms with E-state index in [9.17, 15) is 19.2 Å². The van der Waals surface area contributed by atoms with Gasteiger partial charge >= 0.3 is 0 Å². The quantitative estimate of drug-likeness (QED) is 0.291. The number of nitrogens with zero attached hydrogens (tertiary/aromatic N) is 1. The molecule has 8 heteroatoms. The van der Waals surface area contributed by atoms with Crippen molar-refractivity contribution in [2.24, 2.45) is 5.92 Å². The standard InChI is InChI=1S/C25H35N3O4S/c1-17(2)26-12-7-13-27-22(29)16-33-21-15-23(30)28(25(21)32)20-11-6-10-19(14-20)24(31)18-8-4-3-5-9-18/h6,10-11,14,17-18,21,26H,3-5,7-9,12-13,15-16H2,1-2H3,(H,27,29). The number of benzene rings is 1. The average molecular weight is 474 g/mol. The van der Waals surface area contributed by atoms with Crippen molar-refractivity contribution in [1.82, 2.24) is 10.6 Å². The average Bonchev–Trinajstić information content (AvgIpc) is 3.10. The Bertz CT molecular complexity index is 867. The Morgan fingerprint density at radius 3 is 2.61 bits per heavy atom. The van der Waals surface area contributed by atoms with Gasteiger partial charge in [-0.3, -0.25) is 19.2 Å². The molecular formula is C25H35N3O4S. The maximum absolute atomic E-state index is 12.9. The number of nitrogens with one attached hydrogen (secondary N) is 2. The highest BCUT2D eigenvalue weighted by Gasteiger charge is 2.40. The summed E-state index contributed by atoms with van der Waals surface area (Å²) in [5.41, 5.74) is 0.999. The Morgan fingerprint density at radius 2 is 1.88 bits per heavy atom.